The van der Waals surface area contributed by atoms with Crippen LogP contribution in [0.3, 0.4) is 0 Å². The largest absolute Gasteiger partial charge is 0.366 e. The Morgan fingerprint density at radius 1 is 1.17 bits per heavy atom. The van der Waals surface area contributed by atoms with Crippen LogP contribution in [0.25, 0.3) is 11.1 Å². The fraction of sp³-hybridized carbons (Fsp3) is 0.368. The van der Waals surface area contributed by atoms with Crippen LogP contribution in [0.4, 0.5) is 5.69 Å². The number of benzene rings is 2. The number of nitrogens with one attached hydrogen (secondary N) is 1. The number of piperidine rings is 1. The molecule has 0 radical (unpaired) electrons. The van der Waals surface area contributed by atoms with Crippen molar-refractivity contribution < 1.29 is 0 Å². The molecule has 1 fully saturated rings. The number of thioether (sulfide) groups is 1. The van der Waals surface area contributed by atoms with Gasteiger partial charge in [0.1, 0.15) is 0 Å². The minimum absolute atomic E-state index is 0.595. The molecular formula is C19H18Cl2N2S. The van der Waals surface area contributed by atoms with E-state index in [1.807, 2.05) is 30.0 Å². The maximum absolute atomic E-state index is 6.48. The summed E-state index contributed by atoms with van der Waals surface area (Å²) in [5.41, 5.74) is 5.27. The van der Waals surface area contributed by atoms with E-state index in [0.717, 1.165) is 23.7 Å². The average Bonchev–Trinajstić information content (AvgIpc) is 2.91. The minimum Gasteiger partial charge on any atom is -0.366 e. The second kappa shape index (κ2) is 5.84. The molecule has 3 heterocycles. The number of rotatable bonds is 1. The van der Waals surface area contributed by atoms with Gasteiger partial charge < -0.3 is 10.2 Å². The fourth-order valence-electron chi connectivity index (χ4n) is 4.44. The maximum Gasteiger partial charge on any atom is 0.0544 e. The van der Waals surface area contributed by atoms with Crippen molar-refractivity contribution in [2.75, 3.05) is 30.3 Å². The molecule has 24 heavy (non-hydrogen) atoms. The van der Waals surface area contributed by atoms with Crippen LogP contribution in [0.1, 0.15) is 17.9 Å². The normalized spacial score (nSPS) is 24.7. The van der Waals surface area contributed by atoms with Gasteiger partial charge in [0.2, 0.25) is 0 Å². The number of fused-ring (bicyclic) bond motifs is 3. The Balaban J connectivity index is 1.68. The topological polar surface area (TPSA) is 15.3 Å². The van der Waals surface area contributed by atoms with Crippen LogP contribution in [0, 0.1) is 0 Å². The third kappa shape index (κ3) is 2.29. The Morgan fingerprint density at radius 3 is 2.96 bits per heavy atom. The smallest absolute Gasteiger partial charge is 0.0544 e. The molecule has 5 rings (SSSR count). The lowest BCUT2D eigenvalue weighted by atomic mass is 9.89. The van der Waals surface area contributed by atoms with E-state index in [4.69, 9.17) is 23.2 Å². The van der Waals surface area contributed by atoms with Crippen LogP contribution in [-0.2, 0) is 0 Å². The molecule has 2 aromatic rings. The Hall–Kier alpha value is -0.870. The molecule has 0 aliphatic carbocycles. The molecule has 0 aromatic heterocycles. The summed E-state index contributed by atoms with van der Waals surface area (Å²) in [4.78, 5) is 4.08. The zero-order valence-electron chi connectivity index (χ0n) is 13.2. The highest BCUT2D eigenvalue weighted by Gasteiger charge is 2.42. The van der Waals surface area contributed by atoms with E-state index in [9.17, 15) is 0 Å². The van der Waals surface area contributed by atoms with Gasteiger partial charge in [-0.25, -0.2) is 0 Å². The van der Waals surface area contributed by atoms with Crippen LogP contribution < -0.4 is 10.2 Å². The zero-order valence-corrected chi connectivity index (χ0v) is 15.5. The minimum atomic E-state index is 0.595. The van der Waals surface area contributed by atoms with Crippen molar-refractivity contribution in [1.29, 1.82) is 0 Å². The molecule has 1 N–H and O–H groups in total. The molecular weight excluding hydrogens is 359 g/mol. The molecule has 2 aromatic carbocycles. The predicted molar refractivity (Wildman–Crippen MR) is 104 cm³/mol. The van der Waals surface area contributed by atoms with E-state index in [-0.39, 0.29) is 0 Å². The van der Waals surface area contributed by atoms with E-state index in [2.05, 4.69) is 22.3 Å². The van der Waals surface area contributed by atoms with Crippen LogP contribution in [0.2, 0.25) is 10.0 Å². The molecule has 2 atom stereocenters. The molecule has 0 amide bonds. The first-order valence-electron chi connectivity index (χ1n) is 8.46. The second-order valence-electron chi connectivity index (χ2n) is 6.74. The van der Waals surface area contributed by atoms with Crippen molar-refractivity contribution in [3.8, 4) is 11.1 Å². The summed E-state index contributed by atoms with van der Waals surface area (Å²) in [6, 6.07) is 11.1. The van der Waals surface area contributed by atoms with E-state index < -0.39 is 0 Å². The van der Waals surface area contributed by atoms with Crippen molar-refractivity contribution in [2.24, 2.45) is 0 Å². The molecule has 5 heteroatoms. The van der Waals surface area contributed by atoms with Gasteiger partial charge in [-0.1, -0.05) is 29.3 Å². The first-order chi connectivity index (χ1) is 11.7. The molecule has 2 nitrogen and oxygen atoms in total. The number of halogens is 2. The monoisotopic (exact) mass is 376 g/mol. The number of anilines is 1. The zero-order chi connectivity index (χ0) is 16.3. The van der Waals surface area contributed by atoms with Crippen molar-refractivity contribution in [2.45, 2.75) is 23.3 Å². The van der Waals surface area contributed by atoms with Crippen molar-refractivity contribution in [3.05, 3.63) is 45.9 Å². The van der Waals surface area contributed by atoms with Gasteiger partial charge in [-0.2, -0.15) is 0 Å². The maximum atomic E-state index is 6.48. The Morgan fingerprint density at radius 2 is 2.08 bits per heavy atom. The highest BCUT2D eigenvalue weighted by Crippen LogP contribution is 2.52. The molecule has 0 spiro atoms. The summed E-state index contributed by atoms with van der Waals surface area (Å²) >= 11 is 14.5. The summed E-state index contributed by atoms with van der Waals surface area (Å²) in [5, 5.41) is 4.99. The van der Waals surface area contributed by atoms with Crippen LogP contribution in [0.15, 0.2) is 35.2 Å². The van der Waals surface area contributed by atoms with Gasteiger partial charge >= 0.3 is 0 Å². The summed E-state index contributed by atoms with van der Waals surface area (Å²) in [7, 11) is 0. The van der Waals surface area contributed by atoms with Crippen molar-refractivity contribution in [1.82, 2.24) is 5.32 Å². The Kier molecular flexibility index (Phi) is 3.75. The van der Waals surface area contributed by atoms with Gasteiger partial charge in [-0.3, -0.25) is 0 Å². The Bertz CT molecular complexity index is 823. The molecule has 124 valence electrons. The molecule has 0 saturated carbocycles. The number of hydrogen-bond acceptors (Lipinski definition) is 3. The summed E-state index contributed by atoms with van der Waals surface area (Å²) in [6.07, 6.45) is 1.24. The van der Waals surface area contributed by atoms with E-state index in [1.165, 1.54) is 40.4 Å². The first kappa shape index (κ1) is 15.4. The van der Waals surface area contributed by atoms with Gasteiger partial charge in [0.15, 0.2) is 0 Å². The third-order valence-electron chi connectivity index (χ3n) is 5.47. The number of hydrogen-bond donors (Lipinski definition) is 1. The van der Waals surface area contributed by atoms with Crippen molar-refractivity contribution >= 4 is 40.7 Å². The van der Waals surface area contributed by atoms with Crippen LogP contribution in [0.5, 0.6) is 0 Å². The van der Waals surface area contributed by atoms with Crippen molar-refractivity contribution in [3.63, 3.8) is 0 Å². The number of nitrogens with zero attached hydrogens (tertiary/aromatic N) is 1. The van der Waals surface area contributed by atoms with E-state index >= 15 is 0 Å². The lowest BCUT2D eigenvalue weighted by molar-refractivity contribution is 0.406. The predicted octanol–water partition coefficient (Wildman–Crippen LogP) is 5.03. The molecule has 3 aliphatic rings. The molecule has 0 unspecified atom stereocenters. The summed E-state index contributed by atoms with van der Waals surface area (Å²) in [6.45, 7) is 3.38. The SMILES string of the molecule is Clc1ccc(-c2cc3c4c(c2)[C@@H]2CNCC[C@@H]2N4CCS3)c(Cl)c1. The van der Waals surface area contributed by atoms with E-state index in [1.54, 1.807) is 0 Å². The van der Waals surface area contributed by atoms with Gasteiger partial charge in [0.05, 0.1) is 5.69 Å². The molecule has 3 aliphatic heterocycles. The van der Waals surface area contributed by atoms with Gasteiger partial charge in [-0.15, -0.1) is 11.8 Å². The standard InChI is InChI=1S/C19H18Cl2N2S/c20-12-1-2-13(16(21)9-12)11-7-14-15-10-22-4-3-17(15)23-5-6-24-18(8-11)19(14)23/h1-2,7-9,15,17,22H,3-6,10H2/t15-,17-/m0/s1. The highest BCUT2D eigenvalue weighted by molar-refractivity contribution is 7.99. The Labute approximate surface area is 156 Å². The van der Waals surface area contributed by atoms with Crippen LogP contribution >= 0.6 is 35.0 Å². The lowest BCUT2D eigenvalue weighted by Crippen LogP contribution is -2.45. The molecule has 0 bridgehead atoms. The van der Waals surface area contributed by atoms with Gasteiger partial charge in [-0.05, 0) is 48.4 Å². The summed E-state index contributed by atoms with van der Waals surface area (Å²) in [5.74, 6) is 1.76. The first-order valence-corrected chi connectivity index (χ1v) is 10.2. The van der Waals surface area contributed by atoms with Gasteiger partial charge in [0, 0.05) is 51.3 Å². The van der Waals surface area contributed by atoms with Gasteiger partial charge in [0.25, 0.3) is 0 Å². The second-order valence-corrected chi connectivity index (χ2v) is 8.73. The van der Waals surface area contributed by atoms with Crippen LogP contribution in [-0.4, -0.2) is 31.4 Å². The lowest BCUT2D eigenvalue weighted by Gasteiger charge is -2.36. The third-order valence-corrected chi connectivity index (χ3v) is 7.03. The average molecular weight is 377 g/mol. The quantitative estimate of drug-likeness (QED) is 0.750. The highest BCUT2D eigenvalue weighted by atomic mass is 35.5. The molecule has 1 saturated heterocycles. The summed E-state index contributed by atoms with van der Waals surface area (Å²) < 4.78 is 0. The fourth-order valence-corrected chi connectivity index (χ4v) is 6.05. The van der Waals surface area contributed by atoms with E-state index in [0.29, 0.717) is 17.0 Å².